The van der Waals surface area contributed by atoms with Crippen molar-refractivity contribution in [3.8, 4) is 22.8 Å². The minimum Gasteiger partial charge on any atom is -0.454 e. The van der Waals surface area contributed by atoms with Gasteiger partial charge in [0.05, 0.1) is 5.69 Å². The Hall–Kier alpha value is -2.70. The Kier molecular flexibility index (Phi) is 5.42. The molecule has 5 nitrogen and oxygen atoms in total. The molecule has 3 N–H and O–H groups in total. The number of para-hydroxylation sites is 1. The first-order valence-electron chi connectivity index (χ1n) is 8.11. The van der Waals surface area contributed by atoms with Gasteiger partial charge >= 0.3 is 0 Å². The van der Waals surface area contributed by atoms with Crippen LogP contribution in [0.25, 0.3) is 11.3 Å². The van der Waals surface area contributed by atoms with Gasteiger partial charge in [0.25, 0.3) is 0 Å². The van der Waals surface area contributed by atoms with Crippen molar-refractivity contribution in [1.82, 2.24) is 15.1 Å². The molecule has 0 aliphatic rings. The summed E-state index contributed by atoms with van der Waals surface area (Å²) in [6.45, 7) is 2.20. The molecule has 0 aliphatic carbocycles. The van der Waals surface area contributed by atoms with Gasteiger partial charge in [0.15, 0.2) is 11.6 Å². The van der Waals surface area contributed by atoms with Crippen molar-refractivity contribution in [1.29, 1.82) is 0 Å². The molecule has 0 aliphatic heterocycles. The topological polar surface area (TPSA) is 67.2 Å². The second-order valence-electron chi connectivity index (χ2n) is 5.84. The monoisotopic (exact) mass is 340 g/mol. The number of likely N-dealkylation sites (N-methyl/N-ethyl adjacent to an activating group) is 1. The van der Waals surface area contributed by atoms with Gasteiger partial charge < -0.3 is 15.4 Å². The molecule has 6 heteroatoms. The summed E-state index contributed by atoms with van der Waals surface area (Å²) in [5, 5.41) is 7.26. The van der Waals surface area contributed by atoms with Crippen LogP contribution in [0.3, 0.4) is 0 Å². The predicted octanol–water partition coefficient (Wildman–Crippen LogP) is 3.40. The molecule has 0 saturated heterocycles. The van der Waals surface area contributed by atoms with Crippen molar-refractivity contribution in [2.75, 3.05) is 20.1 Å². The van der Waals surface area contributed by atoms with Crippen LogP contribution in [0.2, 0.25) is 0 Å². The molecule has 0 atom stereocenters. The van der Waals surface area contributed by atoms with E-state index in [1.165, 1.54) is 6.07 Å². The zero-order valence-electron chi connectivity index (χ0n) is 14.1. The quantitative estimate of drug-likeness (QED) is 0.692. The minimum absolute atomic E-state index is 0.208. The molecule has 25 heavy (non-hydrogen) atoms. The summed E-state index contributed by atoms with van der Waals surface area (Å²) in [6, 6.07) is 13.8. The molecular formula is C19H21FN4O. The van der Waals surface area contributed by atoms with Crippen molar-refractivity contribution in [3.05, 3.63) is 66.1 Å². The normalized spacial score (nSPS) is 11.0. The minimum atomic E-state index is -0.385. The van der Waals surface area contributed by atoms with E-state index >= 15 is 0 Å². The molecule has 3 aromatic rings. The molecule has 0 bridgehead atoms. The van der Waals surface area contributed by atoms with Crippen molar-refractivity contribution in [2.24, 2.45) is 5.73 Å². The Morgan fingerprint density at radius 2 is 1.92 bits per heavy atom. The Labute approximate surface area is 146 Å². The first-order chi connectivity index (χ1) is 12.2. The molecule has 0 unspecified atom stereocenters. The van der Waals surface area contributed by atoms with E-state index in [0.717, 1.165) is 29.9 Å². The SMILES string of the molecule is CN(CCN)Cc1c[nH]nc1-c1ccc(Oc2ccccc2F)cc1. The summed E-state index contributed by atoms with van der Waals surface area (Å²) in [7, 11) is 2.02. The number of hydrogen-bond acceptors (Lipinski definition) is 4. The maximum Gasteiger partial charge on any atom is 0.165 e. The van der Waals surface area contributed by atoms with Gasteiger partial charge in [-0.2, -0.15) is 5.10 Å². The molecule has 1 heterocycles. The molecule has 130 valence electrons. The number of nitrogens with zero attached hydrogens (tertiary/aromatic N) is 2. The molecule has 0 radical (unpaired) electrons. The average Bonchev–Trinajstić information content (AvgIpc) is 3.06. The molecule has 0 amide bonds. The average molecular weight is 340 g/mol. The number of rotatable bonds is 7. The Bertz CT molecular complexity index is 816. The van der Waals surface area contributed by atoms with E-state index in [4.69, 9.17) is 10.5 Å². The highest BCUT2D eigenvalue weighted by molar-refractivity contribution is 5.63. The van der Waals surface area contributed by atoms with E-state index in [9.17, 15) is 4.39 Å². The van der Waals surface area contributed by atoms with Crippen LogP contribution < -0.4 is 10.5 Å². The largest absolute Gasteiger partial charge is 0.454 e. The summed E-state index contributed by atoms with van der Waals surface area (Å²) < 4.78 is 19.2. The van der Waals surface area contributed by atoms with Crippen molar-refractivity contribution < 1.29 is 9.13 Å². The predicted molar refractivity (Wildman–Crippen MR) is 95.9 cm³/mol. The fraction of sp³-hybridized carbons (Fsp3) is 0.211. The highest BCUT2D eigenvalue weighted by Crippen LogP contribution is 2.28. The van der Waals surface area contributed by atoms with Crippen LogP contribution in [0.1, 0.15) is 5.56 Å². The van der Waals surface area contributed by atoms with Gasteiger partial charge in [-0.25, -0.2) is 4.39 Å². The summed E-state index contributed by atoms with van der Waals surface area (Å²) in [5.74, 6) is 0.398. The van der Waals surface area contributed by atoms with E-state index in [-0.39, 0.29) is 11.6 Å². The highest BCUT2D eigenvalue weighted by atomic mass is 19.1. The standard InChI is InChI=1S/C19H21FN4O/c1-24(11-10-21)13-15-12-22-23-19(15)14-6-8-16(9-7-14)25-18-5-3-2-4-17(18)20/h2-9,12H,10-11,13,21H2,1H3,(H,22,23). The number of aromatic amines is 1. The lowest BCUT2D eigenvalue weighted by Gasteiger charge is -2.15. The number of H-pyrrole nitrogens is 1. The zero-order valence-corrected chi connectivity index (χ0v) is 14.1. The van der Waals surface area contributed by atoms with Crippen molar-refractivity contribution in [3.63, 3.8) is 0 Å². The lowest BCUT2D eigenvalue weighted by molar-refractivity contribution is 0.337. The van der Waals surface area contributed by atoms with Gasteiger partial charge in [-0.15, -0.1) is 0 Å². The van der Waals surface area contributed by atoms with E-state index in [2.05, 4.69) is 15.1 Å². The third-order valence-corrected chi connectivity index (χ3v) is 3.86. The van der Waals surface area contributed by atoms with Crippen LogP contribution in [0.5, 0.6) is 11.5 Å². The Morgan fingerprint density at radius 1 is 1.16 bits per heavy atom. The first kappa shape index (κ1) is 17.1. The zero-order chi connectivity index (χ0) is 17.6. The third-order valence-electron chi connectivity index (χ3n) is 3.86. The van der Waals surface area contributed by atoms with Crippen LogP contribution >= 0.6 is 0 Å². The van der Waals surface area contributed by atoms with Crippen molar-refractivity contribution in [2.45, 2.75) is 6.54 Å². The number of benzene rings is 2. The summed E-state index contributed by atoms with van der Waals surface area (Å²) in [5.41, 5.74) is 8.55. The lowest BCUT2D eigenvalue weighted by atomic mass is 10.1. The first-order valence-corrected chi connectivity index (χ1v) is 8.11. The Morgan fingerprint density at radius 3 is 2.64 bits per heavy atom. The number of ether oxygens (including phenoxy) is 1. The molecule has 0 saturated carbocycles. The van der Waals surface area contributed by atoms with Crippen LogP contribution in [-0.2, 0) is 6.54 Å². The summed E-state index contributed by atoms with van der Waals surface area (Å²) in [6.07, 6.45) is 1.89. The molecule has 0 fully saturated rings. The van der Waals surface area contributed by atoms with Gasteiger partial charge in [0.1, 0.15) is 5.75 Å². The molecule has 0 spiro atoms. The smallest absolute Gasteiger partial charge is 0.165 e. The van der Waals surface area contributed by atoms with Gasteiger partial charge in [-0.05, 0) is 43.4 Å². The second kappa shape index (κ2) is 7.92. The second-order valence-corrected chi connectivity index (χ2v) is 5.84. The van der Waals surface area contributed by atoms with E-state index in [1.54, 1.807) is 18.2 Å². The Balaban J connectivity index is 1.75. The van der Waals surface area contributed by atoms with Crippen molar-refractivity contribution >= 4 is 0 Å². The van der Waals surface area contributed by atoms with Gasteiger partial charge in [0.2, 0.25) is 0 Å². The van der Waals surface area contributed by atoms with E-state index in [0.29, 0.717) is 12.3 Å². The molecule has 1 aromatic heterocycles. The van der Waals surface area contributed by atoms with Gasteiger partial charge in [0, 0.05) is 37.0 Å². The lowest BCUT2D eigenvalue weighted by Crippen LogP contribution is -2.25. The number of nitrogens with two attached hydrogens (primary N) is 1. The van der Waals surface area contributed by atoms with E-state index < -0.39 is 0 Å². The molecular weight excluding hydrogens is 319 g/mol. The van der Waals surface area contributed by atoms with E-state index in [1.807, 2.05) is 37.5 Å². The number of nitrogens with one attached hydrogen (secondary N) is 1. The third kappa shape index (κ3) is 4.23. The summed E-state index contributed by atoms with van der Waals surface area (Å²) in [4.78, 5) is 2.14. The van der Waals surface area contributed by atoms with Crippen LogP contribution in [0, 0.1) is 5.82 Å². The number of halogens is 1. The van der Waals surface area contributed by atoms with Gasteiger partial charge in [-0.1, -0.05) is 12.1 Å². The highest BCUT2D eigenvalue weighted by Gasteiger charge is 2.11. The maximum atomic E-state index is 13.7. The van der Waals surface area contributed by atoms with Crippen LogP contribution in [0.4, 0.5) is 4.39 Å². The molecule has 3 rings (SSSR count). The number of hydrogen-bond donors (Lipinski definition) is 2. The maximum absolute atomic E-state index is 13.7. The molecule has 2 aromatic carbocycles. The van der Waals surface area contributed by atoms with Crippen LogP contribution in [0.15, 0.2) is 54.7 Å². The fourth-order valence-corrected chi connectivity index (χ4v) is 2.61. The summed E-state index contributed by atoms with van der Waals surface area (Å²) >= 11 is 0. The number of aromatic nitrogens is 2. The van der Waals surface area contributed by atoms with Gasteiger partial charge in [-0.3, -0.25) is 5.10 Å². The van der Waals surface area contributed by atoms with Crippen LogP contribution in [-0.4, -0.2) is 35.2 Å². The fourth-order valence-electron chi connectivity index (χ4n) is 2.61.